The third kappa shape index (κ3) is 5.82. The van der Waals surface area contributed by atoms with E-state index in [0.717, 1.165) is 5.75 Å². The van der Waals surface area contributed by atoms with Crippen molar-refractivity contribution in [2.45, 2.75) is 32.1 Å². The summed E-state index contributed by atoms with van der Waals surface area (Å²) < 4.78 is 4.99. The van der Waals surface area contributed by atoms with E-state index in [1.165, 1.54) is 5.56 Å². The van der Waals surface area contributed by atoms with E-state index >= 15 is 0 Å². The third-order valence-corrected chi connectivity index (χ3v) is 5.53. The van der Waals surface area contributed by atoms with Gasteiger partial charge in [-0.3, -0.25) is 9.59 Å². The van der Waals surface area contributed by atoms with Gasteiger partial charge in [0.25, 0.3) is 0 Å². The second-order valence-electron chi connectivity index (χ2n) is 6.59. The van der Waals surface area contributed by atoms with E-state index in [-0.39, 0.29) is 24.3 Å². The molecule has 1 aromatic heterocycles. The second kappa shape index (κ2) is 9.55. The summed E-state index contributed by atoms with van der Waals surface area (Å²) in [5.74, 6) is 2.32. The number of piperidine rings is 1. The third-order valence-electron chi connectivity index (χ3n) is 4.54. The molecule has 0 aliphatic carbocycles. The molecule has 2 heterocycles. The Morgan fingerprint density at radius 3 is 2.67 bits per heavy atom. The van der Waals surface area contributed by atoms with Gasteiger partial charge in [-0.25, -0.2) is 0 Å². The number of hydrogen-bond donors (Lipinski definition) is 1. The highest BCUT2D eigenvalue weighted by Crippen LogP contribution is 2.19. The lowest BCUT2D eigenvalue weighted by atomic mass is 9.96. The number of aromatic nitrogens is 2. The largest absolute Gasteiger partial charge is 0.347 e. The molecule has 2 amide bonds. The molecule has 1 aliphatic rings. The Bertz CT molecular complexity index is 757. The number of rotatable bonds is 7. The van der Waals surface area contributed by atoms with Crippen LogP contribution < -0.4 is 5.32 Å². The first kappa shape index (κ1) is 19.4. The molecule has 144 valence electrons. The van der Waals surface area contributed by atoms with Gasteiger partial charge in [-0.2, -0.15) is 4.98 Å². The van der Waals surface area contributed by atoms with Crippen LogP contribution in [0.4, 0.5) is 0 Å². The van der Waals surface area contributed by atoms with Gasteiger partial charge in [0.1, 0.15) is 0 Å². The van der Waals surface area contributed by atoms with Crippen molar-refractivity contribution >= 4 is 23.6 Å². The molecule has 3 rings (SSSR count). The summed E-state index contributed by atoms with van der Waals surface area (Å²) in [7, 11) is 0. The first-order valence-electron chi connectivity index (χ1n) is 9.08. The number of amides is 2. The van der Waals surface area contributed by atoms with Crippen LogP contribution in [0.5, 0.6) is 0 Å². The van der Waals surface area contributed by atoms with Crippen molar-refractivity contribution in [3.63, 3.8) is 0 Å². The molecule has 0 atom stereocenters. The SMILES string of the molecule is Cc1noc(CNC(=O)C2CCN(C(=O)CSCc3ccccc3)CC2)n1. The van der Waals surface area contributed by atoms with Crippen molar-refractivity contribution in [2.24, 2.45) is 5.92 Å². The number of carbonyl (C=O) groups excluding carboxylic acids is 2. The Morgan fingerprint density at radius 2 is 2.00 bits per heavy atom. The molecule has 1 aromatic carbocycles. The Kier molecular flexibility index (Phi) is 6.86. The van der Waals surface area contributed by atoms with E-state index in [2.05, 4.69) is 27.6 Å². The molecule has 1 aliphatic heterocycles. The van der Waals surface area contributed by atoms with Crippen molar-refractivity contribution in [2.75, 3.05) is 18.8 Å². The lowest BCUT2D eigenvalue weighted by molar-refractivity contribution is -0.133. The number of carbonyl (C=O) groups is 2. The van der Waals surface area contributed by atoms with Gasteiger partial charge < -0.3 is 14.7 Å². The molecule has 0 radical (unpaired) electrons. The number of aryl methyl sites for hydroxylation is 1. The van der Waals surface area contributed by atoms with Crippen molar-refractivity contribution < 1.29 is 14.1 Å². The molecule has 2 aromatic rings. The zero-order valence-electron chi connectivity index (χ0n) is 15.4. The van der Waals surface area contributed by atoms with Crippen LogP contribution >= 0.6 is 11.8 Å². The maximum Gasteiger partial charge on any atom is 0.246 e. The minimum absolute atomic E-state index is 0.0172. The number of nitrogens with zero attached hydrogens (tertiary/aromatic N) is 3. The molecule has 8 heteroatoms. The highest BCUT2D eigenvalue weighted by Gasteiger charge is 2.27. The Morgan fingerprint density at radius 1 is 1.26 bits per heavy atom. The molecule has 0 saturated carbocycles. The first-order valence-corrected chi connectivity index (χ1v) is 10.2. The number of thioether (sulfide) groups is 1. The minimum atomic E-state index is -0.0740. The maximum absolute atomic E-state index is 12.4. The molecule has 0 unspecified atom stereocenters. The normalized spacial score (nSPS) is 14.9. The van der Waals surface area contributed by atoms with Gasteiger partial charge in [0.2, 0.25) is 17.7 Å². The van der Waals surface area contributed by atoms with Gasteiger partial charge in [-0.15, -0.1) is 11.8 Å². The Hall–Kier alpha value is -2.35. The van der Waals surface area contributed by atoms with Gasteiger partial charge in [0.15, 0.2) is 5.82 Å². The average Bonchev–Trinajstić information content (AvgIpc) is 3.12. The smallest absolute Gasteiger partial charge is 0.246 e. The molecule has 27 heavy (non-hydrogen) atoms. The lowest BCUT2D eigenvalue weighted by Gasteiger charge is -2.31. The Balaban J connectivity index is 1.35. The highest BCUT2D eigenvalue weighted by molar-refractivity contribution is 7.99. The van der Waals surface area contributed by atoms with E-state index in [4.69, 9.17) is 4.52 Å². The topological polar surface area (TPSA) is 88.3 Å². The maximum atomic E-state index is 12.4. The van der Waals surface area contributed by atoms with Crippen LogP contribution in [0.15, 0.2) is 34.9 Å². The zero-order chi connectivity index (χ0) is 19.1. The summed E-state index contributed by atoms with van der Waals surface area (Å²) in [6.45, 7) is 3.24. The van der Waals surface area contributed by atoms with Crippen LogP contribution in [0.1, 0.15) is 30.1 Å². The van der Waals surface area contributed by atoms with Gasteiger partial charge >= 0.3 is 0 Å². The van der Waals surface area contributed by atoms with Gasteiger partial charge in [0.05, 0.1) is 12.3 Å². The van der Waals surface area contributed by atoms with E-state index in [1.54, 1.807) is 18.7 Å². The number of hydrogen-bond acceptors (Lipinski definition) is 6. The standard InChI is InChI=1S/C19H24N4O3S/c1-14-21-17(26-22-14)11-20-19(25)16-7-9-23(10-8-16)18(24)13-27-12-15-5-3-2-4-6-15/h2-6,16H,7-13H2,1H3,(H,20,25). The quantitative estimate of drug-likeness (QED) is 0.782. The summed E-state index contributed by atoms with van der Waals surface area (Å²) in [6, 6.07) is 10.1. The summed E-state index contributed by atoms with van der Waals surface area (Å²) in [5, 5.41) is 6.53. The number of nitrogens with one attached hydrogen (secondary N) is 1. The fourth-order valence-corrected chi connectivity index (χ4v) is 3.92. The first-order chi connectivity index (χ1) is 13.1. The molecule has 1 N–H and O–H groups in total. The monoisotopic (exact) mass is 388 g/mol. The Labute approximate surface area is 162 Å². The van der Waals surface area contributed by atoms with Crippen LogP contribution in [0.2, 0.25) is 0 Å². The van der Waals surface area contributed by atoms with Crippen LogP contribution in [0.25, 0.3) is 0 Å². The summed E-state index contributed by atoms with van der Waals surface area (Å²) in [6.07, 6.45) is 1.37. The predicted molar refractivity (Wildman–Crippen MR) is 103 cm³/mol. The summed E-state index contributed by atoms with van der Waals surface area (Å²) in [5.41, 5.74) is 1.22. The van der Waals surface area contributed by atoms with Gasteiger partial charge in [0, 0.05) is 24.8 Å². The van der Waals surface area contributed by atoms with Gasteiger partial charge in [-0.1, -0.05) is 35.5 Å². The highest BCUT2D eigenvalue weighted by atomic mass is 32.2. The molecule has 1 saturated heterocycles. The second-order valence-corrected chi connectivity index (χ2v) is 7.57. The van der Waals surface area contributed by atoms with Crippen molar-refractivity contribution in [3.8, 4) is 0 Å². The summed E-state index contributed by atoms with van der Waals surface area (Å²) in [4.78, 5) is 30.6. The molecular weight excluding hydrogens is 364 g/mol. The minimum Gasteiger partial charge on any atom is -0.347 e. The summed E-state index contributed by atoms with van der Waals surface area (Å²) >= 11 is 1.63. The molecule has 0 spiro atoms. The fourth-order valence-electron chi connectivity index (χ4n) is 3.03. The molecule has 0 bridgehead atoms. The van der Waals surface area contributed by atoms with Crippen molar-refractivity contribution in [1.29, 1.82) is 0 Å². The molecule has 1 fully saturated rings. The van der Waals surface area contributed by atoms with E-state index in [1.807, 2.05) is 23.1 Å². The van der Waals surface area contributed by atoms with Crippen LogP contribution in [-0.2, 0) is 21.9 Å². The average molecular weight is 388 g/mol. The molecule has 7 nitrogen and oxygen atoms in total. The van der Waals surface area contributed by atoms with Gasteiger partial charge in [-0.05, 0) is 25.3 Å². The number of benzene rings is 1. The predicted octanol–water partition coefficient (Wildman–Crippen LogP) is 2.17. The van der Waals surface area contributed by atoms with E-state index in [9.17, 15) is 9.59 Å². The van der Waals surface area contributed by atoms with Crippen molar-refractivity contribution in [1.82, 2.24) is 20.4 Å². The lowest BCUT2D eigenvalue weighted by Crippen LogP contribution is -2.43. The fraction of sp³-hybridized carbons (Fsp3) is 0.474. The van der Waals surface area contributed by atoms with Crippen LogP contribution in [0, 0.1) is 12.8 Å². The van der Waals surface area contributed by atoms with Crippen molar-refractivity contribution in [3.05, 3.63) is 47.6 Å². The van der Waals surface area contributed by atoms with E-state index in [0.29, 0.717) is 43.4 Å². The molecular formula is C19H24N4O3S. The van der Waals surface area contributed by atoms with Crippen LogP contribution in [-0.4, -0.2) is 45.7 Å². The zero-order valence-corrected chi connectivity index (χ0v) is 16.2. The number of likely N-dealkylation sites (tertiary alicyclic amines) is 1. The van der Waals surface area contributed by atoms with E-state index < -0.39 is 0 Å². The van der Waals surface area contributed by atoms with Crippen LogP contribution in [0.3, 0.4) is 0 Å².